The van der Waals surface area contributed by atoms with Crippen molar-refractivity contribution in [3.05, 3.63) is 21.9 Å². The molecule has 0 aliphatic rings. The highest BCUT2D eigenvalue weighted by Crippen LogP contribution is 2.28. The Morgan fingerprint density at radius 2 is 2.00 bits per heavy atom. The number of hydrogen-bond donors (Lipinski definition) is 0. The molecule has 88 valence electrons. The minimum atomic E-state index is -3.95. The van der Waals surface area contributed by atoms with Gasteiger partial charge in [0.05, 0.1) is 11.5 Å². The van der Waals surface area contributed by atoms with Crippen molar-refractivity contribution in [1.29, 1.82) is 0 Å². The van der Waals surface area contributed by atoms with Crippen LogP contribution in [-0.2, 0) is 4.74 Å². The summed E-state index contributed by atoms with van der Waals surface area (Å²) < 4.78 is 29.6. The summed E-state index contributed by atoms with van der Waals surface area (Å²) in [4.78, 5) is 22.0. The lowest BCUT2D eigenvalue weighted by Crippen LogP contribution is -2.20. The monoisotopic (exact) mass is 268 g/mol. The maximum atomic E-state index is 12.5. The second-order valence-electron chi connectivity index (χ2n) is 2.71. The Labute approximate surface area is 99.0 Å². The molecule has 1 aromatic heterocycles. The van der Waals surface area contributed by atoms with Gasteiger partial charge in [-0.2, -0.15) is 8.78 Å². The van der Waals surface area contributed by atoms with E-state index in [2.05, 4.69) is 16.3 Å². The normalized spacial score (nSPS) is 11.2. The van der Waals surface area contributed by atoms with Gasteiger partial charge in [-0.3, -0.25) is 4.79 Å². The molecule has 0 unspecified atom stereocenters. The van der Waals surface area contributed by atoms with Gasteiger partial charge in [-0.15, -0.1) is 11.3 Å². The number of halogens is 3. The molecule has 0 aliphatic carbocycles. The summed E-state index contributed by atoms with van der Waals surface area (Å²) in [6.45, 7) is 1.79. The number of ether oxygens (including phenoxy) is 1. The topological polar surface area (TPSA) is 43.4 Å². The number of alkyl halides is 3. The fourth-order valence-electron chi connectivity index (χ4n) is 0.912. The summed E-state index contributed by atoms with van der Waals surface area (Å²) in [6.07, 6.45) is 0. The van der Waals surface area contributed by atoms with Crippen LogP contribution in [0.5, 0.6) is 0 Å². The maximum absolute atomic E-state index is 12.5. The highest BCUT2D eigenvalue weighted by Gasteiger charge is 2.37. The summed E-state index contributed by atoms with van der Waals surface area (Å²) in [5, 5.41) is -3.95. The van der Waals surface area contributed by atoms with Crippen LogP contribution >= 0.6 is 22.9 Å². The Morgan fingerprint density at radius 3 is 2.50 bits per heavy atom. The van der Waals surface area contributed by atoms with E-state index in [-0.39, 0.29) is 16.4 Å². The standard InChI is InChI=1S/C9H7ClF2O3S/c1-2-15-8(14)6-4-3-5(16-6)7(13)9(10,11)12/h3-4H,2H2,1H3. The highest BCUT2D eigenvalue weighted by atomic mass is 35.5. The van der Waals surface area contributed by atoms with E-state index in [1.807, 2.05) is 0 Å². The van der Waals surface area contributed by atoms with Crippen LogP contribution in [0.4, 0.5) is 8.78 Å². The molecule has 1 heterocycles. The Bertz CT molecular complexity index is 411. The van der Waals surface area contributed by atoms with E-state index in [0.29, 0.717) is 11.3 Å². The molecule has 0 radical (unpaired) electrons. The number of ketones is 1. The predicted molar refractivity (Wildman–Crippen MR) is 55.4 cm³/mol. The van der Waals surface area contributed by atoms with Gasteiger partial charge in [0.2, 0.25) is 0 Å². The molecule has 1 aromatic rings. The molecule has 0 atom stereocenters. The minimum Gasteiger partial charge on any atom is -0.462 e. The molecule has 0 spiro atoms. The van der Waals surface area contributed by atoms with Gasteiger partial charge in [-0.05, 0) is 30.7 Å². The second-order valence-corrected chi connectivity index (χ2v) is 4.27. The first-order chi connectivity index (χ1) is 7.36. The van der Waals surface area contributed by atoms with Gasteiger partial charge in [0.15, 0.2) is 0 Å². The average molecular weight is 269 g/mol. The lowest BCUT2D eigenvalue weighted by molar-refractivity contribution is 0.0532. The van der Waals surface area contributed by atoms with Crippen LogP contribution in [0.2, 0.25) is 0 Å². The van der Waals surface area contributed by atoms with Crippen molar-refractivity contribution < 1.29 is 23.1 Å². The molecule has 0 saturated carbocycles. The van der Waals surface area contributed by atoms with E-state index in [1.54, 1.807) is 6.92 Å². The fraction of sp³-hybridized carbons (Fsp3) is 0.333. The Balaban J connectivity index is 2.87. The lowest BCUT2D eigenvalue weighted by Gasteiger charge is -2.03. The number of thiophene rings is 1. The first-order valence-corrected chi connectivity index (χ1v) is 5.44. The van der Waals surface area contributed by atoms with Crippen molar-refractivity contribution in [2.24, 2.45) is 0 Å². The fourth-order valence-corrected chi connectivity index (χ4v) is 1.94. The second kappa shape index (κ2) is 4.88. The average Bonchev–Trinajstić information content (AvgIpc) is 2.64. The molecule has 16 heavy (non-hydrogen) atoms. The smallest absolute Gasteiger partial charge is 0.385 e. The van der Waals surface area contributed by atoms with Crippen molar-refractivity contribution in [1.82, 2.24) is 0 Å². The number of esters is 1. The summed E-state index contributed by atoms with van der Waals surface area (Å²) in [5.41, 5.74) is 0. The van der Waals surface area contributed by atoms with Crippen molar-refractivity contribution in [2.45, 2.75) is 12.3 Å². The SMILES string of the molecule is CCOC(=O)c1ccc(C(=O)C(F)(F)Cl)s1. The third-order valence-corrected chi connectivity index (χ3v) is 2.80. The third kappa shape index (κ3) is 2.99. The molecule has 7 heteroatoms. The Morgan fingerprint density at radius 1 is 1.44 bits per heavy atom. The number of carbonyl (C=O) groups excluding carboxylic acids is 2. The van der Waals surface area contributed by atoms with E-state index in [4.69, 9.17) is 0 Å². The van der Waals surface area contributed by atoms with Gasteiger partial charge in [0.25, 0.3) is 5.78 Å². The highest BCUT2D eigenvalue weighted by molar-refractivity contribution is 7.16. The Kier molecular flexibility index (Phi) is 3.98. The summed E-state index contributed by atoms with van der Waals surface area (Å²) in [5.74, 6) is -2.17. The first kappa shape index (κ1) is 13.1. The molecule has 0 amide bonds. The molecule has 1 rings (SSSR count). The maximum Gasteiger partial charge on any atom is 0.385 e. The van der Waals surface area contributed by atoms with Crippen LogP contribution in [0.15, 0.2) is 12.1 Å². The number of rotatable bonds is 4. The zero-order valence-electron chi connectivity index (χ0n) is 8.13. The van der Waals surface area contributed by atoms with Crippen LogP contribution in [0.3, 0.4) is 0 Å². The molecular formula is C9H7ClF2O3S. The van der Waals surface area contributed by atoms with E-state index in [1.165, 1.54) is 6.07 Å². The third-order valence-electron chi connectivity index (χ3n) is 1.56. The van der Waals surface area contributed by atoms with Gasteiger partial charge >= 0.3 is 11.4 Å². The van der Waals surface area contributed by atoms with E-state index in [9.17, 15) is 18.4 Å². The molecule has 0 N–H and O–H groups in total. The molecule has 0 saturated heterocycles. The van der Waals surface area contributed by atoms with Crippen LogP contribution in [-0.4, -0.2) is 23.7 Å². The van der Waals surface area contributed by atoms with Gasteiger partial charge in [0, 0.05) is 0 Å². The van der Waals surface area contributed by atoms with E-state index in [0.717, 1.165) is 6.07 Å². The first-order valence-electron chi connectivity index (χ1n) is 4.24. The van der Waals surface area contributed by atoms with Crippen LogP contribution < -0.4 is 0 Å². The zero-order valence-corrected chi connectivity index (χ0v) is 9.70. The molecule has 0 aliphatic heterocycles. The Hall–Kier alpha value is -1.01. The minimum absolute atomic E-state index is 0.0890. The van der Waals surface area contributed by atoms with Crippen molar-refractivity contribution in [3.63, 3.8) is 0 Å². The van der Waals surface area contributed by atoms with Gasteiger partial charge in [-0.1, -0.05) is 0 Å². The number of carbonyl (C=O) groups is 2. The molecule has 3 nitrogen and oxygen atoms in total. The molecule has 0 bridgehead atoms. The van der Waals surface area contributed by atoms with Gasteiger partial charge in [-0.25, -0.2) is 4.79 Å². The molecule has 0 fully saturated rings. The van der Waals surface area contributed by atoms with Crippen LogP contribution in [0, 0.1) is 0 Å². The lowest BCUT2D eigenvalue weighted by atomic mass is 10.3. The van der Waals surface area contributed by atoms with Crippen molar-refractivity contribution >= 4 is 34.7 Å². The summed E-state index contributed by atoms with van der Waals surface area (Å²) >= 11 is 5.20. The number of Topliss-reactive ketones (excluding diaryl/α,β-unsaturated/α-hetero) is 1. The van der Waals surface area contributed by atoms with Crippen LogP contribution in [0.1, 0.15) is 26.3 Å². The predicted octanol–water partition coefficient (Wildman–Crippen LogP) is 2.94. The summed E-state index contributed by atoms with van der Waals surface area (Å²) in [6, 6.07) is 2.37. The van der Waals surface area contributed by atoms with E-state index >= 15 is 0 Å². The van der Waals surface area contributed by atoms with Crippen molar-refractivity contribution in [2.75, 3.05) is 6.61 Å². The largest absolute Gasteiger partial charge is 0.462 e. The van der Waals surface area contributed by atoms with Crippen LogP contribution in [0.25, 0.3) is 0 Å². The van der Waals surface area contributed by atoms with E-state index < -0.39 is 17.1 Å². The molecular weight excluding hydrogens is 262 g/mol. The summed E-state index contributed by atoms with van der Waals surface area (Å²) in [7, 11) is 0. The van der Waals surface area contributed by atoms with Gasteiger partial charge < -0.3 is 4.74 Å². The molecule has 0 aromatic carbocycles. The number of hydrogen-bond acceptors (Lipinski definition) is 4. The zero-order chi connectivity index (χ0) is 12.3. The van der Waals surface area contributed by atoms with Gasteiger partial charge in [0.1, 0.15) is 4.88 Å². The van der Waals surface area contributed by atoms with Crippen molar-refractivity contribution in [3.8, 4) is 0 Å². The quantitative estimate of drug-likeness (QED) is 0.479.